The van der Waals surface area contributed by atoms with Crippen LogP contribution in [0.25, 0.3) is 0 Å². The molecule has 3 rings (SSSR count). The van der Waals surface area contributed by atoms with Crippen LogP contribution >= 0.6 is 11.6 Å². The predicted molar refractivity (Wildman–Crippen MR) is 108 cm³/mol. The molecule has 0 aliphatic carbocycles. The Morgan fingerprint density at radius 1 is 1.00 bits per heavy atom. The fourth-order valence-corrected chi connectivity index (χ4v) is 3.98. The molecular weight excluding hydrogens is 422 g/mol. The molecule has 3 aromatic rings. The minimum Gasteiger partial charge on any atom is -0.319 e. The molecule has 0 atom stereocenters. The van der Waals surface area contributed by atoms with Gasteiger partial charge in [-0.1, -0.05) is 29.8 Å². The van der Waals surface area contributed by atoms with Crippen LogP contribution in [-0.4, -0.2) is 21.4 Å². The number of nitrogens with one attached hydrogen (secondary N) is 1. The van der Waals surface area contributed by atoms with Crippen LogP contribution in [0.3, 0.4) is 0 Å². The number of anilines is 2. The summed E-state index contributed by atoms with van der Waals surface area (Å²) >= 11 is 5.92. The molecule has 9 heteroatoms. The Bertz CT molecular complexity index is 1190. The lowest BCUT2D eigenvalue weighted by Crippen LogP contribution is -2.27. The second kappa shape index (κ2) is 8.18. The molecule has 0 aliphatic rings. The number of benzene rings is 3. The van der Waals surface area contributed by atoms with E-state index in [9.17, 15) is 22.0 Å². The number of nitrogens with zero attached hydrogens (tertiary/aromatic N) is 1. The molecular formula is C20H15ClF2N2O3S. The first kappa shape index (κ1) is 20.8. The third-order valence-corrected chi connectivity index (χ3v) is 6.14. The minimum atomic E-state index is -3.99. The van der Waals surface area contributed by atoms with Gasteiger partial charge in [0.05, 0.1) is 16.3 Å². The predicted octanol–water partition coefficient (Wildman–Crippen LogP) is 4.70. The molecule has 0 fully saturated rings. The van der Waals surface area contributed by atoms with E-state index in [0.717, 1.165) is 16.4 Å². The Labute approximate surface area is 171 Å². The van der Waals surface area contributed by atoms with Crippen LogP contribution in [0, 0.1) is 11.6 Å². The summed E-state index contributed by atoms with van der Waals surface area (Å²) in [5, 5.41) is 2.60. The normalized spacial score (nSPS) is 11.2. The number of amides is 1. The maximum Gasteiger partial charge on any atom is 0.264 e. The van der Waals surface area contributed by atoms with Crippen molar-refractivity contribution in [1.82, 2.24) is 0 Å². The molecule has 0 bridgehead atoms. The molecule has 150 valence electrons. The van der Waals surface area contributed by atoms with Gasteiger partial charge in [0.15, 0.2) is 11.6 Å². The van der Waals surface area contributed by atoms with Crippen molar-refractivity contribution in [3.8, 4) is 0 Å². The van der Waals surface area contributed by atoms with Gasteiger partial charge in [0.1, 0.15) is 0 Å². The van der Waals surface area contributed by atoms with E-state index in [1.807, 2.05) is 0 Å². The highest BCUT2D eigenvalue weighted by Gasteiger charge is 2.23. The average molecular weight is 437 g/mol. The fourth-order valence-electron chi connectivity index (χ4n) is 2.56. The van der Waals surface area contributed by atoms with Gasteiger partial charge in [0, 0.05) is 17.6 Å². The smallest absolute Gasteiger partial charge is 0.264 e. The summed E-state index contributed by atoms with van der Waals surface area (Å²) in [5.41, 5.74) is -0.0391. The van der Waals surface area contributed by atoms with E-state index in [1.165, 1.54) is 43.4 Å². The molecule has 0 aliphatic heterocycles. The van der Waals surface area contributed by atoms with Crippen molar-refractivity contribution in [1.29, 1.82) is 0 Å². The molecule has 3 aromatic carbocycles. The van der Waals surface area contributed by atoms with E-state index >= 15 is 0 Å². The monoisotopic (exact) mass is 436 g/mol. The van der Waals surface area contributed by atoms with Crippen LogP contribution in [0.4, 0.5) is 20.2 Å². The first-order valence-corrected chi connectivity index (χ1v) is 10.1. The molecule has 0 heterocycles. The van der Waals surface area contributed by atoms with Gasteiger partial charge in [-0.15, -0.1) is 0 Å². The second-order valence-electron chi connectivity index (χ2n) is 6.04. The van der Waals surface area contributed by atoms with E-state index in [2.05, 4.69) is 5.32 Å². The first-order valence-electron chi connectivity index (χ1n) is 8.30. The maximum atomic E-state index is 13.8. The van der Waals surface area contributed by atoms with Gasteiger partial charge in [0.2, 0.25) is 0 Å². The molecule has 1 amide bonds. The molecule has 5 nitrogen and oxygen atoms in total. The number of carbonyl (C=O) groups excluding carboxylic acids is 1. The Morgan fingerprint density at radius 3 is 2.41 bits per heavy atom. The van der Waals surface area contributed by atoms with E-state index in [0.29, 0.717) is 10.7 Å². The van der Waals surface area contributed by atoms with Crippen molar-refractivity contribution in [2.24, 2.45) is 0 Å². The van der Waals surface area contributed by atoms with Gasteiger partial charge in [-0.25, -0.2) is 17.2 Å². The van der Waals surface area contributed by atoms with Crippen molar-refractivity contribution >= 4 is 38.9 Å². The van der Waals surface area contributed by atoms with Crippen LogP contribution in [0.15, 0.2) is 71.6 Å². The summed E-state index contributed by atoms with van der Waals surface area (Å²) in [4.78, 5) is 12.3. The van der Waals surface area contributed by atoms with Crippen molar-refractivity contribution < 1.29 is 22.0 Å². The van der Waals surface area contributed by atoms with Gasteiger partial charge < -0.3 is 5.32 Å². The first-order chi connectivity index (χ1) is 13.7. The fraction of sp³-hybridized carbons (Fsp3) is 0.0500. The van der Waals surface area contributed by atoms with Gasteiger partial charge in [-0.2, -0.15) is 0 Å². The summed E-state index contributed by atoms with van der Waals surface area (Å²) in [6.07, 6.45) is 0. The van der Waals surface area contributed by atoms with Crippen molar-refractivity contribution in [3.63, 3.8) is 0 Å². The Hall–Kier alpha value is -2.97. The van der Waals surface area contributed by atoms with Crippen LogP contribution in [0.2, 0.25) is 5.02 Å². The summed E-state index contributed by atoms with van der Waals surface area (Å²) in [7, 11) is -2.63. The Kier molecular flexibility index (Phi) is 5.86. The lowest BCUT2D eigenvalue weighted by molar-refractivity contribution is 0.102. The number of halogens is 3. The highest BCUT2D eigenvalue weighted by molar-refractivity contribution is 7.92. The zero-order valence-corrected chi connectivity index (χ0v) is 16.6. The van der Waals surface area contributed by atoms with Gasteiger partial charge in [0.25, 0.3) is 15.9 Å². The molecule has 0 saturated heterocycles. The van der Waals surface area contributed by atoms with Crippen LogP contribution < -0.4 is 9.62 Å². The Morgan fingerprint density at radius 2 is 1.69 bits per heavy atom. The van der Waals surface area contributed by atoms with Crippen LogP contribution in [-0.2, 0) is 10.0 Å². The van der Waals surface area contributed by atoms with Crippen LogP contribution in [0.1, 0.15) is 10.4 Å². The standard InChI is InChI=1S/C20H15ClF2N2O3S/c1-25(15-7-3-6-14(21)12-15)29(27,28)16-8-2-5-13(11-16)20(26)24-18-10-4-9-17(22)19(18)23/h2-12H,1H3,(H,24,26). The summed E-state index contributed by atoms with van der Waals surface area (Å²) in [5.74, 6) is -3.09. The molecule has 0 saturated carbocycles. The van der Waals surface area contributed by atoms with E-state index in [4.69, 9.17) is 11.6 Å². The SMILES string of the molecule is CN(c1cccc(Cl)c1)S(=O)(=O)c1cccc(C(=O)Nc2cccc(F)c2F)c1. The topological polar surface area (TPSA) is 66.5 Å². The lowest BCUT2D eigenvalue weighted by Gasteiger charge is -2.20. The molecule has 0 aromatic heterocycles. The summed E-state index contributed by atoms with van der Waals surface area (Å²) in [6, 6.07) is 14.9. The second-order valence-corrected chi connectivity index (χ2v) is 8.44. The molecule has 29 heavy (non-hydrogen) atoms. The molecule has 1 N–H and O–H groups in total. The third-order valence-electron chi connectivity index (χ3n) is 4.13. The number of sulfonamides is 1. The van der Waals surface area contributed by atoms with Crippen LogP contribution in [0.5, 0.6) is 0 Å². The van der Waals surface area contributed by atoms with E-state index in [-0.39, 0.29) is 16.1 Å². The summed E-state index contributed by atoms with van der Waals surface area (Å²) in [6.45, 7) is 0. The largest absolute Gasteiger partial charge is 0.319 e. The third kappa shape index (κ3) is 4.38. The Balaban J connectivity index is 1.90. The van der Waals surface area contributed by atoms with E-state index < -0.39 is 27.6 Å². The number of rotatable bonds is 5. The van der Waals surface area contributed by atoms with Gasteiger partial charge in [-0.3, -0.25) is 9.10 Å². The molecule has 0 radical (unpaired) electrons. The zero-order chi connectivity index (χ0) is 21.2. The van der Waals surface area contributed by atoms with Crippen molar-refractivity contribution in [2.45, 2.75) is 4.90 Å². The highest BCUT2D eigenvalue weighted by atomic mass is 35.5. The van der Waals surface area contributed by atoms with Gasteiger partial charge >= 0.3 is 0 Å². The summed E-state index contributed by atoms with van der Waals surface area (Å²) < 4.78 is 53.9. The maximum absolute atomic E-state index is 13.8. The molecule has 0 spiro atoms. The van der Waals surface area contributed by atoms with Crippen molar-refractivity contribution in [3.05, 3.63) is 89.0 Å². The van der Waals surface area contributed by atoms with Crippen molar-refractivity contribution in [2.75, 3.05) is 16.7 Å². The molecule has 0 unspecified atom stereocenters. The number of carbonyl (C=O) groups is 1. The highest BCUT2D eigenvalue weighted by Crippen LogP contribution is 2.25. The zero-order valence-electron chi connectivity index (χ0n) is 15.1. The van der Waals surface area contributed by atoms with E-state index in [1.54, 1.807) is 18.2 Å². The minimum absolute atomic E-state index is 0.0331. The number of hydrogen-bond acceptors (Lipinski definition) is 3. The lowest BCUT2D eigenvalue weighted by atomic mass is 10.2. The number of hydrogen-bond donors (Lipinski definition) is 1. The quantitative estimate of drug-likeness (QED) is 0.630. The average Bonchev–Trinajstić information content (AvgIpc) is 2.71. The van der Waals surface area contributed by atoms with Gasteiger partial charge in [-0.05, 0) is 48.5 Å².